The maximum Gasteiger partial charge on any atom is 0.338 e. The summed E-state index contributed by atoms with van der Waals surface area (Å²) in [5.74, 6) is 1.07. The fourth-order valence-electron chi connectivity index (χ4n) is 3.75. The van der Waals surface area contributed by atoms with Crippen molar-refractivity contribution in [3.63, 3.8) is 0 Å². The highest BCUT2D eigenvalue weighted by atomic mass is 16.5. The number of amides is 2. The van der Waals surface area contributed by atoms with E-state index in [9.17, 15) is 9.59 Å². The molecule has 0 saturated heterocycles. The average molecular weight is 374 g/mol. The summed E-state index contributed by atoms with van der Waals surface area (Å²) in [6, 6.07) is 4.20. The molecule has 27 heavy (non-hydrogen) atoms. The molecule has 2 N–H and O–H groups in total. The van der Waals surface area contributed by atoms with Crippen molar-refractivity contribution in [2.24, 2.45) is 5.92 Å². The Labute approximate surface area is 159 Å². The van der Waals surface area contributed by atoms with Crippen molar-refractivity contribution in [3.05, 3.63) is 35.0 Å². The molecule has 1 heterocycles. The maximum absolute atomic E-state index is 13.0. The minimum absolute atomic E-state index is 0.0942. The number of rotatable bonds is 5. The van der Waals surface area contributed by atoms with E-state index in [1.165, 1.54) is 0 Å². The molecule has 0 bridgehead atoms. The second kappa shape index (κ2) is 7.90. The molecule has 7 heteroatoms. The molecular formula is C20H26N2O5. The monoisotopic (exact) mass is 374 g/mol. The second-order valence-corrected chi connectivity index (χ2v) is 7.03. The smallest absolute Gasteiger partial charge is 0.338 e. The molecule has 3 rings (SSSR count). The minimum Gasteiger partial charge on any atom is -0.497 e. The van der Waals surface area contributed by atoms with Gasteiger partial charge < -0.3 is 24.8 Å². The summed E-state index contributed by atoms with van der Waals surface area (Å²) in [5, 5.41) is 5.48. The van der Waals surface area contributed by atoms with Gasteiger partial charge in [0.05, 0.1) is 25.8 Å². The highest BCUT2D eigenvalue weighted by Gasteiger charge is 2.36. The number of hydrogen-bond donors (Lipinski definition) is 2. The van der Waals surface area contributed by atoms with Gasteiger partial charge >= 0.3 is 12.0 Å². The van der Waals surface area contributed by atoms with E-state index in [0.717, 1.165) is 19.3 Å². The fourth-order valence-corrected chi connectivity index (χ4v) is 3.75. The molecule has 1 aromatic rings. The number of benzene rings is 1. The van der Waals surface area contributed by atoms with Crippen LogP contribution in [0.15, 0.2) is 29.5 Å². The van der Waals surface area contributed by atoms with Gasteiger partial charge in [-0.2, -0.15) is 0 Å². The van der Waals surface area contributed by atoms with E-state index in [2.05, 4.69) is 17.6 Å². The number of methoxy groups -OCH3 is 2. The summed E-state index contributed by atoms with van der Waals surface area (Å²) < 4.78 is 16.5. The Morgan fingerprint density at radius 2 is 1.96 bits per heavy atom. The summed E-state index contributed by atoms with van der Waals surface area (Å²) in [6.07, 6.45) is 2.88. The van der Waals surface area contributed by atoms with Crippen LogP contribution in [0.5, 0.6) is 11.5 Å². The predicted octanol–water partition coefficient (Wildman–Crippen LogP) is 3.06. The van der Waals surface area contributed by atoms with E-state index < -0.39 is 12.0 Å². The van der Waals surface area contributed by atoms with Gasteiger partial charge in [0, 0.05) is 11.3 Å². The third-order valence-electron chi connectivity index (χ3n) is 5.28. The Morgan fingerprint density at radius 1 is 1.19 bits per heavy atom. The van der Waals surface area contributed by atoms with Gasteiger partial charge in [0.25, 0.3) is 0 Å². The lowest BCUT2D eigenvalue weighted by Crippen LogP contribution is -2.45. The Kier molecular flexibility index (Phi) is 5.58. The Bertz CT molecular complexity index is 774. The number of carbonyl (C=O) groups is 2. The third kappa shape index (κ3) is 3.86. The SMILES string of the molecule is COc1ccc(OC)c([C@@H]2NC(=O)NC(C)=C2C(=O)O[C@H]2CCC[C@@H]2C)c1. The summed E-state index contributed by atoms with van der Waals surface area (Å²) in [5.41, 5.74) is 1.49. The van der Waals surface area contributed by atoms with Crippen LogP contribution >= 0.6 is 0 Å². The van der Waals surface area contributed by atoms with Gasteiger partial charge in [0.2, 0.25) is 0 Å². The molecular weight excluding hydrogens is 348 g/mol. The number of carbonyl (C=O) groups excluding carboxylic acids is 2. The molecule has 1 saturated carbocycles. The van der Waals surface area contributed by atoms with Gasteiger partial charge in [0.1, 0.15) is 17.6 Å². The molecule has 0 spiro atoms. The summed E-state index contributed by atoms with van der Waals surface area (Å²) in [7, 11) is 3.10. The van der Waals surface area contributed by atoms with Gasteiger partial charge in [-0.1, -0.05) is 6.92 Å². The van der Waals surface area contributed by atoms with E-state index >= 15 is 0 Å². The van der Waals surface area contributed by atoms with Crippen molar-refractivity contribution in [2.75, 3.05) is 14.2 Å². The van der Waals surface area contributed by atoms with Crippen LogP contribution in [0.25, 0.3) is 0 Å². The van der Waals surface area contributed by atoms with E-state index in [0.29, 0.717) is 34.3 Å². The number of urea groups is 1. The van der Waals surface area contributed by atoms with E-state index in [1.54, 1.807) is 39.3 Å². The van der Waals surface area contributed by atoms with Crippen molar-refractivity contribution < 1.29 is 23.8 Å². The first-order chi connectivity index (χ1) is 12.9. The lowest BCUT2D eigenvalue weighted by molar-refractivity contribution is -0.146. The first-order valence-electron chi connectivity index (χ1n) is 9.15. The van der Waals surface area contributed by atoms with Gasteiger partial charge in [-0.3, -0.25) is 0 Å². The zero-order valence-corrected chi connectivity index (χ0v) is 16.1. The second-order valence-electron chi connectivity index (χ2n) is 7.03. The zero-order chi connectivity index (χ0) is 19.6. The molecule has 2 aliphatic rings. The van der Waals surface area contributed by atoms with Gasteiger partial charge in [0.15, 0.2) is 0 Å². The van der Waals surface area contributed by atoms with Crippen molar-refractivity contribution in [1.29, 1.82) is 0 Å². The number of ether oxygens (including phenoxy) is 3. The molecule has 7 nitrogen and oxygen atoms in total. The number of hydrogen-bond acceptors (Lipinski definition) is 5. The molecule has 1 aliphatic carbocycles. The largest absolute Gasteiger partial charge is 0.497 e. The van der Waals surface area contributed by atoms with Crippen LogP contribution in [0, 0.1) is 5.92 Å². The molecule has 0 radical (unpaired) electrons. The highest BCUT2D eigenvalue weighted by molar-refractivity contribution is 5.95. The molecule has 0 unspecified atom stereocenters. The van der Waals surface area contributed by atoms with Crippen molar-refractivity contribution >= 4 is 12.0 Å². The lowest BCUT2D eigenvalue weighted by atomic mass is 9.94. The lowest BCUT2D eigenvalue weighted by Gasteiger charge is -2.30. The maximum atomic E-state index is 13.0. The van der Waals surface area contributed by atoms with Crippen LogP contribution < -0.4 is 20.1 Å². The van der Waals surface area contributed by atoms with Gasteiger partial charge in [-0.25, -0.2) is 9.59 Å². The Morgan fingerprint density at radius 3 is 2.59 bits per heavy atom. The van der Waals surface area contributed by atoms with E-state index in [-0.39, 0.29) is 12.1 Å². The number of allylic oxidation sites excluding steroid dienone is 1. The summed E-state index contributed by atoms with van der Waals surface area (Å²) in [6.45, 7) is 3.79. The molecule has 2 amide bonds. The average Bonchev–Trinajstić information content (AvgIpc) is 3.04. The highest BCUT2D eigenvalue weighted by Crippen LogP contribution is 2.37. The van der Waals surface area contributed by atoms with Crippen LogP contribution in [-0.4, -0.2) is 32.3 Å². The van der Waals surface area contributed by atoms with E-state index in [4.69, 9.17) is 14.2 Å². The Balaban J connectivity index is 1.98. The molecule has 1 aliphatic heterocycles. The molecule has 146 valence electrons. The van der Waals surface area contributed by atoms with Crippen molar-refractivity contribution in [2.45, 2.75) is 45.3 Å². The van der Waals surface area contributed by atoms with Crippen LogP contribution in [0.4, 0.5) is 4.79 Å². The van der Waals surface area contributed by atoms with Crippen LogP contribution in [0.3, 0.4) is 0 Å². The van der Waals surface area contributed by atoms with Crippen molar-refractivity contribution in [1.82, 2.24) is 10.6 Å². The standard InChI is InChI=1S/C20H26N2O5/c1-11-6-5-7-15(11)27-19(23)17-12(2)21-20(24)22-18(17)14-10-13(25-3)8-9-16(14)26-4/h8-11,15,18H,5-7H2,1-4H3,(H2,21,22,24)/t11-,15-,18-/m0/s1. The first kappa shape index (κ1) is 19.1. The number of esters is 1. The molecule has 3 atom stereocenters. The summed E-state index contributed by atoms with van der Waals surface area (Å²) in [4.78, 5) is 25.1. The van der Waals surface area contributed by atoms with Gasteiger partial charge in [-0.15, -0.1) is 0 Å². The fraction of sp³-hybridized carbons (Fsp3) is 0.500. The van der Waals surface area contributed by atoms with Crippen LogP contribution in [0.2, 0.25) is 0 Å². The number of nitrogens with one attached hydrogen (secondary N) is 2. The quantitative estimate of drug-likeness (QED) is 0.774. The predicted molar refractivity (Wildman–Crippen MR) is 99.5 cm³/mol. The Hall–Kier alpha value is -2.70. The first-order valence-corrected chi connectivity index (χ1v) is 9.15. The molecule has 1 fully saturated rings. The third-order valence-corrected chi connectivity index (χ3v) is 5.28. The minimum atomic E-state index is -0.687. The topological polar surface area (TPSA) is 85.9 Å². The van der Waals surface area contributed by atoms with Crippen LogP contribution in [-0.2, 0) is 9.53 Å². The van der Waals surface area contributed by atoms with Crippen molar-refractivity contribution in [3.8, 4) is 11.5 Å². The summed E-state index contributed by atoms with van der Waals surface area (Å²) >= 11 is 0. The molecule has 1 aromatic carbocycles. The normalized spacial score (nSPS) is 24.9. The van der Waals surface area contributed by atoms with Crippen LogP contribution in [0.1, 0.15) is 44.7 Å². The van der Waals surface area contributed by atoms with E-state index in [1.807, 2.05) is 0 Å². The van der Waals surface area contributed by atoms with Gasteiger partial charge in [-0.05, 0) is 50.3 Å². The molecule has 0 aromatic heterocycles. The zero-order valence-electron chi connectivity index (χ0n) is 16.1.